The number of fused-ring (bicyclic) bond motifs is 1. The van der Waals surface area contributed by atoms with Gasteiger partial charge in [0.1, 0.15) is 45.9 Å². The highest BCUT2D eigenvalue weighted by Gasteiger charge is 2.57. The molecule has 0 unspecified atom stereocenters. The van der Waals surface area contributed by atoms with Crippen LogP contribution in [-0.4, -0.2) is 0 Å². The fourth-order valence-corrected chi connectivity index (χ4v) is 10.0. The average molecular weight is 493 g/mol. The summed E-state index contributed by atoms with van der Waals surface area (Å²) < 4.78 is 43.2. The van der Waals surface area contributed by atoms with Gasteiger partial charge in [0.25, 0.3) is 0 Å². The van der Waals surface area contributed by atoms with E-state index < -0.39 is 7.26 Å². The van der Waals surface area contributed by atoms with Crippen LogP contribution >= 0.6 is 7.26 Å². The summed E-state index contributed by atoms with van der Waals surface area (Å²) in [6, 6.07) is 38.1. The third kappa shape index (κ3) is 3.51. The molecule has 4 heteroatoms. The van der Waals surface area contributed by atoms with Crippen LogP contribution in [0.15, 0.2) is 127 Å². The lowest BCUT2D eigenvalue weighted by molar-refractivity contribution is 0.627. The van der Waals surface area contributed by atoms with Gasteiger partial charge in [0.05, 0.1) is 0 Å². The molecule has 0 saturated carbocycles. The Balaban J connectivity index is 1.85. The van der Waals surface area contributed by atoms with Crippen molar-refractivity contribution < 1.29 is 13.2 Å². The van der Waals surface area contributed by atoms with Crippen molar-refractivity contribution in [2.24, 2.45) is 0 Å². The standard InChI is InChI=1S/C32H21F3P/c33-24-11-16-27(17-12-24)36(28-18-13-25(34)14-19-28)30-20-15-26(35)21-29(30)31(22-7-3-1-4-8-22)32(36)23-9-5-2-6-10-23/h1-21H/q+1. The van der Waals surface area contributed by atoms with Gasteiger partial charge in [-0.05, 0) is 72.3 Å². The van der Waals surface area contributed by atoms with E-state index in [1.165, 1.54) is 30.3 Å². The number of hydrogen-bond donors (Lipinski definition) is 0. The zero-order valence-electron chi connectivity index (χ0n) is 19.2. The van der Waals surface area contributed by atoms with Crippen molar-refractivity contribution in [1.29, 1.82) is 0 Å². The van der Waals surface area contributed by atoms with Crippen LogP contribution in [0.4, 0.5) is 13.2 Å². The van der Waals surface area contributed by atoms with Gasteiger partial charge in [0, 0.05) is 16.7 Å². The van der Waals surface area contributed by atoms with E-state index in [0.717, 1.165) is 43.5 Å². The second kappa shape index (κ2) is 8.93. The summed E-state index contributed by atoms with van der Waals surface area (Å²) in [6.45, 7) is 0. The largest absolute Gasteiger partial charge is 0.207 e. The number of halogens is 3. The summed E-state index contributed by atoms with van der Waals surface area (Å²) in [5.41, 5.74) is 3.71. The Morgan fingerprint density at radius 2 is 0.917 bits per heavy atom. The molecular formula is C32H21F3P+. The van der Waals surface area contributed by atoms with Crippen LogP contribution in [0.25, 0.3) is 10.9 Å². The molecule has 174 valence electrons. The Labute approximate surface area is 208 Å². The Bertz CT molecular complexity index is 1530. The first-order valence-corrected chi connectivity index (χ1v) is 13.5. The Hall–Kier alpha value is -3.94. The zero-order valence-corrected chi connectivity index (χ0v) is 20.1. The van der Waals surface area contributed by atoms with Gasteiger partial charge in [-0.2, -0.15) is 0 Å². The highest BCUT2D eigenvalue weighted by molar-refractivity contribution is 8.04. The Kier molecular flexibility index (Phi) is 5.59. The molecule has 0 N–H and O–H groups in total. The monoisotopic (exact) mass is 493 g/mol. The van der Waals surface area contributed by atoms with Crippen molar-refractivity contribution in [2.75, 3.05) is 0 Å². The SMILES string of the molecule is Fc1ccc([P+]2(c3ccc(F)cc3)C(c3ccccc3)=C(c3ccccc3)c3cc(F)ccc32)cc1. The van der Waals surface area contributed by atoms with E-state index >= 15 is 0 Å². The molecule has 0 saturated heterocycles. The summed E-state index contributed by atoms with van der Waals surface area (Å²) >= 11 is 0. The van der Waals surface area contributed by atoms with Crippen molar-refractivity contribution in [1.82, 2.24) is 0 Å². The second-order valence-electron chi connectivity index (χ2n) is 8.74. The van der Waals surface area contributed by atoms with Crippen LogP contribution in [0.2, 0.25) is 0 Å². The second-order valence-corrected chi connectivity index (χ2v) is 12.0. The van der Waals surface area contributed by atoms with Gasteiger partial charge in [-0.1, -0.05) is 60.7 Å². The average Bonchev–Trinajstić information content (AvgIpc) is 3.21. The molecule has 5 aromatic carbocycles. The summed E-state index contributed by atoms with van der Waals surface area (Å²) in [4.78, 5) is 0. The van der Waals surface area contributed by atoms with Gasteiger partial charge in [-0.3, -0.25) is 0 Å². The maximum atomic E-state index is 14.8. The van der Waals surface area contributed by atoms with Crippen molar-refractivity contribution in [2.45, 2.75) is 0 Å². The molecule has 0 aliphatic carbocycles. The minimum atomic E-state index is -2.68. The molecule has 0 nitrogen and oxygen atoms in total. The Morgan fingerprint density at radius 3 is 1.44 bits per heavy atom. The van der Waals surface area contributed by atoms with Crippen molar-refractivity contribution in [3.63, 3.8) is 0 Å². The van der Waals surface area contributed by atoms with Crippen LogP contribution in [0.5, 0.6) is 0 Å². The lowest BCUT2D eigenvalue weighted by Gasteiger charge is -2.27. The lowest BCUT2D eigenvalue weighted by Crippen LogP contribution is -2.30. The highest BCUT2D eigenvalue weighted by Crippen LogP contribution is 2.73. The first-order chi connectivity index (χ1) is 17.6. The Morgan fingerprint density at radius 1 is 0.444 bits per heavy atom. The molecule has 0 aromatic heterocycles. The topological polar surface area (TPSA) is 0 Å². The minimum Gasteiger partial charge on any atom is -0.207 e. The maximum Gasteiger partial charge on any atom is 0.146 e. The minimum absolute atomic E-state index is 0.326. The summed E-state index contributed by atoms with van der Waals surface area (Å²) in [6.07, 6.45) is 0. The summed E-state index contributed by atoms with van der Waals surface area (Å²) in [5.74, 6) is -0.987. The van der Waals surface area contributed by atoms with Crippen molar-refractivity contribution >= 4 is 34.1 Å². The van der Waals surface area contributed by atoms with Gasteiger partial charge in [0.2, 0.25) is 0 Å². The number of hydrogen-bond acceptors (Lipinski definition) is 0. The van der Waals surface area contributed by atoms with Crippen LogP contribution in [0.3, 0.4) is 0 Å². The predicted molar refractivity (Wildman–Crippen MR) is 144 cm³/mol. The van der Waals surface area contributed by atoms with E-state index in [1.54, 1.807) is 6.07 Å². The molecule has 5 aromatic rings. The fourth-order valence-electron chi connectivity index (χ4n) is 5.26. The van der Waals surface area contributed by atoms with Crippen LogP contribution in [-0.2, 0) is 0 Å². The molecule has 6 rings (SSSR count). The zero-order chi connectivity index (χ0) is 24.7. The first kappa shape index (κ1) is 22.5. The van der Waals surface area contributed by atoms with E-state index in [2.05, 4.69) is 12.1 Å². The van der Waals surface area contributed by atoms with Crippen molar-refractivity contribution in [3.8, 4) is 0 Å². The number of rotatable bonds is 4. The van der Waals surface area contributed by atoms with E-state index in [4.69, 9.17) is 0 Å². The van der Waals surface area contributed by atoms with Crippen LogP contribution in [0, 0.1) is 17.5 Å². The van der Waals surface area contributed by atoms with Crippen LogP contribution < -0.4 is 15.9 Å². The van der Waals surface area contributed by atoms with Gasteiger partial charge >= 0.3 is 0 Å². The summed E-state index contributed by atoms with van der Waals surface area (Å²) in [5, 5.41) is 3.87. The highest BCUT2D eigenvalue weighted by atomic mass is 31.2. The molecule has 0 bridgehead atoms. The third-order valence-corrected chi connectivity index (χ3v) is 11.1. The van der Waals surface area contributed by atoms with Gasteiger partial charge in [0.15, 0.2) is 0 Å². The molecule has 1 aliphatic rings. The van der Waals surface area contributed by atoms with Gasteiger partial charge < -0.3 is 0 Å². The lowest BCUT2D eigenvalue weighted by atomic mass is 9.95. The molecule has 0 fully saturated rings. The smallest absolute Gasteiger partial charge is 0.146 e. The molecule has 0 amide bonds. The van der Waals surface area contributed by atoms with E-state index in [9.17, 15) is 13.2 Å². The van der Waals surface area contributed by atoms with Crippen LogP contribution in [0.1, 0.15) is 16.7 Å². The first-order valence-electron chi connectivity index (χ1n) is 11.7. The number of benzene rings is 5. The molecule has 0 spiro atoms. The van der Waals surface area contributed by atoms with E-state index in [0.29, 0.717) is 0 Å². The van der Waals surface area contributed by atoms with Gasteiger partial charge in [-0.25, -0.2) is 13.2 Å². The van der Waals surface area contributed by atoms with E-state index in [-0.39, 0.29) is 17.5 Å². The molecular weight excluding hydrogens is 472 g/mol. The summed E-state index contributed by atoms with van der Waals surface area (Å²) in [7, 11) is -2.68. The predicted octanol–water partition coefficient (Wildman–Crippen LogP) is 7.33. The van der Waals surface area contributed by atoms with Gasteiger partial charge in [-0.15, -0.1) is 0 Å². The quantitative estimate of drug-likeness (QED) is 0.230. The molecule has 36 heavy (non-hydrogen) atoms. The molecule has 1 aliphatic heterocycles. The fraction of sp³-hybridized carbons (Fsp3) is 0. The molecule has 0 atom stereocenters. The van der Waals surface area contributed by atoms with Crippen molar-refractivity contribution in [3.05, 3.63) is 162 Å². The molecule has 0 radical (unpaired) electrons. The maximum absolute atomic E-state index is 14.8. The normalized spacial score (nSPS) is 14.1. The third-order valence-electron chi connectivity index (χ3n) is 6.70. The van der Waals surface area contributed by atoms with E-state index in [1.807, 2.05) is 78.9 Å². The molecule has 1 heterocycles.